The summed E-state index contributed by atoms with van der Waals surface area (Å²) in [6.07, 6.45) is 2.29. The Morgan fingerprint density at radius 2 is 1.50 bits per heavy atom. The topological polar surface area (TPSA) is 12.0 Å². The fourth-order valence-corrected chi connectivity index (χ4v) is 4.26. The van der Waals surface area contributed by atoms with Gasteiger partial charge in [0.05, 0.1) is 0 Å². The number of benzene rings is 3. The van der Waals surface area contributed by atoms with Crippen LogP contribution < -0.4 is 5.32 Å². The average Bonchev–Trinajstić information content (AvgIpc) is 3.00. The van der Waals surface area contributed by atoms with Crippen LogP contribution in [-0.4, -0.2) is 6.54 Å². The van der Waals surface area contributed by atoms with E-state index in [1.807, 2.05) is 11.3 Å². The van der Waals surface area contributed by atoms with Crippen molar-refractivity contribution in [1.82, 2.24) is 5.32 Å². The van der Waals surface area contributed by atoms with Crippen molar-refractivity contribution in [1.29, 1.82) is 0 Å². The molecule has 0 aliphatic carbocycles. The van der Waals surface area contributed by atoms with E-state index >= 15 is 0 Å². The molecule has 120 valence electrons. The third kappa shape index (κ3) is 3.35. The molecule has 3 aromatic carbocycles. The number of aryl methyl sites for hydroxylation is 1. The second kappa shape index (κ2) is 7.16. The molecule has 0 aliphatic rings. The van der Waals surface area contributed by atoms with Gasteiger partial charge in [0.2, 0.25) is 0 Å². The molecule has 4 aromatic rings. The molecule has 0 amide bonds. The summed E-state index contributed by atoms with van der Waals surface area (Å²) in [5.41, 5.74) is 2.79. The number of thiophene rings is 1. The van der Waals surface area contributed by atoms with Crippen LogP contribution in [0.25, 0.3) is 20.2 Å². The minimum atomic E-state index is 0.953. The summed E-state index contributed by atoms with van der Waals surface area (Å²) in [6, 6.07) is 26.2. The summed E-state index contributed by atoms with van der Waals surface area (Å²) in [6.45, 7) is 2.01. The largest absolute Gasteiger partial charge is 0.313 e. The molecule has 0 radical (unpaired) electrons. The summed E-state index contributed by atoms with van der Waals surface area (Å²) in [5.74, 6) is 0. The highest BCUT2D eigenvalue weighted by molar-refractivity contribution is 7.25. The number of hydrogen-bond donors (Lipinski definition) is 1. The fraction of sp³-hybridized carbons (Fsp3) is 0.182. The second-order valence-electron chi connectivity index (χ2n) is 6.19. The first kappa shape index (κ1) is 15.4. The van der Waals surface area contributed by atoms with Gasteiger partial charge in [0.1, 0.15) is 0 Å². The summed E-state index contributed by atoms with van der Waals surface area (Å²) in [4.78, 5) is 0. The standard InChI is InChI=1S/C22H21NS/c1-2-7-18(8-3-1)16-23-14-6-9-17-12-13-22-20(15-17)19-10-4-5-11-21(19)24-22/h1-5,7-8,10-13,15,23H,6,9,14,16H2. The summed E-state index contributed by atoms with van der Waals surface area (Å²) < 4.78 is 2.77. The molecule has 0 spiro atoms. The van der Waals surface area contributed by atoms with Gasteiger partial charge in [-0.25, -0.2) is 0 Å². The zero-order chi connectivity index (χ0) is 16.2. The first-order valence-corrected chi connectivity index (χ1v) is 9.37. The van der Waals surface area contributed by atoms with E-state index in [4.69, 9.17) is 0 Å². The highest BCUT2D eigenvalue weighted by Gasteiger charge is 2.05. The van der Waals surface area contributed by atoms with Gasteiger partial charge in [0.15, 0.2) is 0 Å². The normalized spacial score (nSPS) is 11.3. The minimum absolute atomic E-state index is 0.953. The number of hydrogen-bond acceptors (Lipinski definition) is 2. The Kier molecular flexibility index (Phi) is 4.59. The second-order valence-corrected chi connectivity index (χ2v) is 7.28. The Hall–Kier alpha value is -2.16. The van der Waals surface area contributed by atoms with Crippen molar-refractivity contribution in [3.8, 4) is 0 Å². The SMILES string of the molecule is c1ccc(CNCCCc2ccc3sc4ccccc4c3c2)cc1. The molecule has 0 saturated carbocycles. The van der Waals surface area contributed by atoms with Crippen molar-refractivity contribution in [2.75, 3.05) is 6.54 Å². The first-order valence-electron chi connectivity index (χ1n) is 8.55. The molecule has 0 atom stereocenters. The molecular formula is C22H21NS. The van der Waals surface area contributed by atoms with Gasteiger partial charge in [-0.1, -0.05) is 54.6 Å². The maximum Gasteiger partial charge on any atom is 0.0355 e. The molecule has 2 heteroatoms. The van der Waals surface area contributed by atoms with Crippen molar-refractivity contribution < 1.29 is 0 Å². The van der Waals surface area contributed by atoms with Crippen molar-refractivity contribution in [3.63, 3.8) is 0 Å². The zero-order valence-electron chi connectivity index (χ0n) is 13.7. The monoisotopic (exact) mass is 331 g/mol. The molecule has 1 N–H and O–H groups in total. The molecule has 24 heavy (non-hydrogen) atoms. The Bertz CT molecular complexity index is 940. The maximum absolute atomic E-state index is 3.54. The third-order valence-electron chi connectivity index (χ3n) is 4.43. The van der Waals surface area contributed by atoms with Crippen molar-refractivity contribution in [2.45, 2.75) is 19.4 Å². The summed E-state index contributed by atoms with van der Waals surface area (Å²) in [5, 5.41) is 6.33. The molecule has 0 unspecified atom stereocenters. The van der Waals surface area contributed by atoms with Crippen LogP contribution in [0.1, 0.15) is 17.5 Å². The quantitative estimate of drug-likeness (QED) is 0.442. The average molecular weight is 331 g/mol. The van der Waals surface area contributed by atoms with E-state index in [9.17, 15) is 0 Å². The van der Waals surface area contributed by atoms with Crippen LogP contribution in [-0.2, 0) is 13.0 Å². The van der Waals surface area contributed by atoms with Crippen LogP contribution in [0.3, 0.4) is 0 Å². The van der Waals surface area contributed by atoms with Crippen LogP contribution in [0, 0.1) is 0 Å². The smallest absolute Gasteiger partial charge is 0.0355 e. The summed E-state index contributed by atoms with van der Waals surface area (Å²) >= 11 is 1.89. The van der Waals surface area contributed by atoms with Gasteiger partial charge in [0.25, 0.3) is 0 Å². The van der Waals surface area contributed by atoms with Crippen LogP contribution in [0.4, 0.5) is 0 Å². The first-order chi connectivity index (χ1) is 11.9. The van der Waals surface area contributed by atoms with Crippen molar-refractivity contribution in [2.24, 2.45) is 0 Å². The summed E-state index contributed by atoms with van der Waals surface area (Å²) in [7, 11) is 0. The Morgan fingerprint density at radius 3 is 2.42 bits per heavy atom. The predicted molar refractivity (Wildman–Crippen MR) is 106 cm³/mol. The van der Waals surface area contributed by atoms with Crippen LogP contribution in [0.15, 0.2) is 72.8 Å². The number of fused-ring (bicyclic) bond motifs is 3. The molecule has 4 rings (SSSR count). The van der Waals surface area contributed by atoms with Gasteiger partial charge in [-0.3, -0.25) is 0 Å². The number of rotatable bonds is 6. The van der Waals surface area contributed by atoms with E-state index in [2.05, 4.69) is 78.1 Å². The van der Waals surface area contributed by atoms with Crippen molar-refractivity contribution >= 4 is 31.5 Å². The maximum atomic E-state index is 3.54. The third-order valence-corrected chi connectivity index (χ3v) is 5.58. The molecule has 1 heterocycles. The van der Waals surface area contributed by atoms with Gasteiger partial charge in [0, 0.05) is 26.7 Å². The van der Waals surface area contributed by atoms with E-state index in [0.29, 0.717) is 0 Å². The van der Waals surface area contributed by atoms with Crippen LogP contribution >= 0.6 is 11.3 Å². The molecule has 0 saturated heterocycles. The number of nitrogens with one attached hydrogen (secondary N) is 1. The van der Waals surface area contributed by atoms with E-state index in [0.717, 1.165) is 19.5 Å². The molecule has 0 fully saturated rings. The van der Waals surface area contributed by atoms with Gasteiger partial charge >= 0.3 is 0 Å². The van der Waals surface area contributed by atoms with Gasteiger partial charge in [-0.15, -0.1) is 11.3 Å². The Balaban J connectivity index is 1.37. The van der Waals surface area contributed by atoms with Gasteiger partial charge in [-0.05, 0) is 48.7 Å². The predicted octanol–water partition coefficient (Wildman–Crippen LogP) is 5.78. The van der Waals surface area contributed by atoms with Crippen LogP contribution in [0.5, 0.6) is 0 Å². The van der Waals surface area contributed by atoms with Crippen LogP contribution in [0.2, 0.25) is 0 Å². The molecule has 1 aromatic heterocycles. The minimum Gasteiger partial charge on any atom is -0.313 e. The molecule has 0 aliphatic heterocycles. The molecular weight excluding hydrogens is 310 g/mol. The lowest BCUT2D eigenvalue weighted by atomic mass is 10.1. The highest BCUT2D eigenvalue weighted by Crippen LogP contribution is 2.34. The lowest BCUT2D eigenvalue weighted by Gasteiger charge is -2.05. The van der Waals surface area contributed by atoms with Crippen molar-refractivity contribution in [3.05, 3.63) is 83.9 Å². The van der Waals surface area contributed by atoms with E-state index in [-0.39, 0.29) is 0 Å². The van der Waals surface area contributed by atoms with Gasteiger partial charge in [-0.2, -0.15) is 0 Å². The fourth-order valence-electron chi connectivity index (χ4n) is 3.17. The van der Waals surface area contributed by atoms with E-state index in [1.165, 1.54) is 37.7 Å². The lowest BCUT2D eigenvalue weighted by Crippen LogP contribution is -2.15. The molecule has 0 bridgehead atoms. The Labute approximate surface area is 147 Å². The zero-order valence-corrected chi connectivity index (χ0v) is 14.5. The highest BCUT2D eigenvalue weighted by atomic mass is 32.1. The van der Waals surface area contributed by atoms with E-state index in [1.54, 1.807) is 0 Å². The Morgan fingerprint density at radius 1 is 0.708 bits per heavy atom. The van der Waals surface area contributed by atoms with E-state index < -0.39 is 0 Å². The molecule has 1 nitrogen and oxygen atoms in total. The lowest BCUT2D eigenvalue weighted by molar-refractivity contribution is 0.650. The van der Waals surface area contributed by atoms with Gasteiger partial charge < -0.3 is 5.32 Å².